The molecule has 0 amide bonds. The van der Waals surface area contributed by atoms with Crippen molar-refractivity contribution in [3.05, 3.63) is 16.1 Å². The Balaban J connectivity index is 0.00000128. The Kier molecular flexibility index (Phi) is 5.69. The van der Waals surface area contributed by atoms with Crippen LogP contribution in [0.3, 0.4) is 0 Å². The molecule has 2 heterocycles. The lowest BCUT2D eigenvalue weighted by Crippen LogP contribution is -2.49. The van der Waals surface area contributed by atoms with Gasteiger partial charge in [0.1, 0.15) is 0 Å². The molecule has 1 unspecified atom stereocenters. The summed E-state index contributed by atoms with van der Waals surface area (Å²) < 4.78 is 0. The van der Waals surface area contributed by atoms with Gasteiger partial charge in [-0.15, -0.1) is 23.7 Å². The van der Waals surface area contributed by atoms with Gasteiger partial charge >= 0.3 is 0 Å². The SMILES string of the molecule is CCc1nc(CN2CCNCC2C)cs1.Cl. The van der Waals surface area contributed by atoms with Crippen molar-refractivity contribution in [2.45, 2.75) is 32.9 Å². The highest BCUT2D eigenvalue weighted by molar-refractivity contribution is 7.09. The smallest absolute Gasteiger partial charge is 0.0926 e. The zero-order valence-corrected chi connectivity index (χ0v) is 11.5. The molecule has 1 saturated heterocycles. The van der Waals surface area contributed by atoms with E-state index in [1.165, 1.54) is 10.7 Å². The van der Waals surface area contributed by atoms with Crippen LogP contribution >= 0.6 is 23.7 Å². The first kappa shape index (κ1) is 13.9. The van der Waals surface area contributed by atoms with Crippen molar-refractivity contribution in [1.82, 2.24) is 15.2 Å². The van der Waals surface area contributed by atoms with Crippen molar-refractivity contribution in [3.63, 3.8) is 0 Å². The van der Waals surface area contributed by atoms with E-state index < -0.39 is 0 Å². The number of aryl methyl sites for hydroxylation is 1. The van der Waals surface area contributed by atoms with E-state index in [0.717, 1.165) is 32.6 Å². The number of aromatic nitrogens is 1. The molecule has 1 N–H and O–H groups in total. The summed E-state index contributed by atoms with van der Waals surface area (Å²) in [7, 11) is 0. The van der Waals surface area contributed by atoms with Crippen LogP contribution in [-0.2, 0) is 13.0 Å². The van der Waals surface area contributed by atoms with Crippen LogP contribution in [0.15, 0.2) is 5.38 Å². The van der Waals surface area contributed by atoms with E-state index in [9.17, 15) is 0 Å². The van der Waals surface area contributed by atoms with Crippen LogP contribution in [0.4, 0.5) is 0 Å². The van der Waals surface area contributed by atoms with Crippen molar-refractivity contribution in [1.29, 1.82) is 0 Å². The summed E-state index contributed by atoms with van der Waals surface area (Å²) in [4.78, 5) is 7.12. The average Bonchev–Trinajstić information content (AvgIpc) is 2.69. The first-order valence-corrected chi connectivity index (χ1v) is 6.55. The number of thiazole rings is 1. The maximum atomic E-state index is 4.61. The molecular formula is C11H20ClN3S. The maximum Gasteiger partial charge on any atom is 0.0926 e. The molecule has 2 rings (SSSR count). The molecule has 0 spiro atoms. The van der Waals surface area contributed by atoms with Crippen LogP contribution in [0.2, 0.25) is 0 Å². The summed E-state index contributed by atoms with van der Waals surface area (Å²) in [6.45, 7) is 8.80. The van der Waals surface area contributed by atoms with Crippen molar-refractivity contribution in [3.8, 4) is 0 Å². The Morgan fingerprint density at radius 1 is 1.62 bits per heavy atom. The molecule has 0 aliphatic carbocycles. The number of nitrogens with one attached hydrogen (secondary N) is 1. The molecule has 1 aromatic rings. The number of hydrogen-bond donors (Lipinski definition) is 1. The third-order valence-electron chi connectivity index (χ3n) is 2.91. The number of hydrogen-bond acceptors (Lipinski definition) is 4. The molecule has 1 atom stereocenters. The van der Waals surface area contributed by atoms with Gasteiger partial charge in [-0.3, -0.25) is 4.90 Å². The number of nitrogens with zero attached hydrogens (tertiary/aromatic N) is 2. The lowest BCUT2D eigenvalue weighted by atomic mass is 10.2. The molecule has 0 radical (unpaired) electrons. The Hall–Kier alpha value is -0.160. The Bertz CT molecular complexity index is 316. The summed E-state index contributed by atoms with van der Waals surface area (Å²) in [5.41, 5.74) is 1.24. The highest BCUT2D eigenvalue weighted by Crippen LogP contribution is 2.14. The first-order valence-electron chi connectivity index (χ1n) is 5.67. The van der Waals surface area contributed by atoms with Gasteiger partial charge in [-0.1, -0.05) is 6.92 Å². The zero-order valence-electron chi connectivity index (χ0n) is 9.90. The van der Waals surface area contributed by atoms with E-state index in [4.69, 9.17) is 0 Å². The minimum Gasteiger partial charge on any atom is -0.314 e. The third kappa shape index (κ3) is 3.42. The highest BCUT2D eigenvalue weighted by atomic mass is 35.5. The summed E-state index contributed by atoms with van der Waals surface area (Å²) in [5, 5.41) is 6.87. The summed E-state index contributed by atoms with van der Waals surface area (Å²) in [6, 6.07) is 0.630. The van der Waals surface area contributed by atoms with Gasteiger partial charge in [0, 0.05) is 37.6 Å². The van der Waals surface area contributed by atoms with E-state index in [-0.39, 0.29) is 12.4 Å². The zero-order chi connectivity index (χ0) is 10.7. The van der Waals surface area contributed by atoms with Crippen LogP contribution in [-0.4, -0.2) is 35.6 Å². The van der Waals surface area contributed by atoms with Gasteiger partial charge in [0.05, 0.1) is 10.7 Å². The first-order chi connectivity index (χ1) is 7.29. The summed E-state index contributed by atoms with van der Waals surface area (Å²) >= 11 is 1.79. The van der Waals surface area contributed by atoms with Crippen LogP contribution < -0.4 is 5.32 Å². The fraction of sp³-hybridized carbons (Fsp3) is 0.727. The van der Waals surface area contributed by atoms with Gasteiger partial charge < -0.3 is 5.32 Å². The molecule has 0 bridgehead atoms. The second-order valence-electron chi connectivity index (χ2n) is 4.11. The van der Waals surface area contributed by atoms with Crippen molar-refractivity contribution in [2.75, 3.05) is 19.6 Å². The maximum absolute atomic E-state index is 4.61. The molecule has 1 aromatic heterocycles. The van der Waals surface area contributed by atoms with Crippen LogP contribution in [0.25, 0.3) is 0 Å². The average molecular weight is 262 g/mol. The molecule has 92 valence electrons. The predicted octanol–water partition coefficient (Wildman–Crippen LogP) is 1.92. The molecule has 1 aliphatic rings. The van der Waals surface area contributed by atoms with E-state index >= 15 is 0 Å². The molecule has 3 nitrogen and oxygen atoms in total. The minimum atomic E-state index is 0. The van der Waals surface area contributed by atoms with Crippen molar-refractivity contribution >= 4 is 23.7 Å². The third-order valence-corrected chi connectivity index (χ3v) is 3.95. The standard InChI is InChI=1S/C11H19N3S.ClH/c1-3-11-13-10(8-15-11)7-14-5-4-12-6-9(14)2;/h8-9,12H,3-7H2,1-2H3;1H. The van der Waals surface area contributed by atoms with Gasteiger partial charge in [0.15, 0.2) is 0 Å². The molecule has 1 aliphatic heterocycles. The monoisotopic (exact) mass is 261 g/mol. The number of rotatable bonds is 3. The van der Waals surface area contributed by atoms with Crippen LogP contribution in [0.1, 0.15) is 24.5 Å². The summed E-state index contributed by atoms with van der Waals surface area (Å²) in [6.07, 6.45) is 1.06. The Morgan fingerprint density at radius 2 is 2.44 bits per heavy atom. The molecule has 16 heavy (non-hydrogen) atoms. The second-order valence-corrected chi connectivity index (χ2v) is 5.05. The molecular weight excluding hydrogens is 242 g/mol. The highest BCUT2D eigenvalue weighted by Gasteiger charge is 2.18. The van der Waals surface area contributed by atoms with E-state index in [2.05, 4.69) is 34.4 Å². The normalized spacial score (nSPS) is 21.8. The minimum absolute atomic E-state index is 0. The second kappa shape index (κ2) is 6.55. The Morgan fingerprint density at radius 3 is 3.06 bits per heavy atom. The Labute approximate surface area is 108 Å². The quantitative estimate of drug-likeness (QED) is 0.901. The van der Waals surface area contributed by atoms with E-state index in [1.807, 2.05) is 0 Å². The van der Waals surface area contributed by atoms with E-state index in [0.29, 0.717) is 6.04 Å². The van der Waals surface area contributed by atoms with Gasteiger partial charge in [-0.25, -0.2) is 4.98 Å². The van der Waals surface area contributed by atoms with Crippen molar-refractivity contribution < 1.29 is 0 Å². The van der Waals surface area contributed by atoms with Gasteiger partial charge in [0.25, 0.3) is 0 Å². The van der Waals surface area contributed by atoms with Gasteiger partial charge in [0.2, 0.25) is 0 Å². The molecule has 0 aromatic carbocycles. The number of piperazine rings is 1. The predicted molar refractivity (Wildman–Crippen MR) is 71.5 cm³/mol. The van der Waals surface area contributed by atoms with E-state index in [1.54, 1.807) is 11.3 Å². The van der Waals surface area contributed by atoms with Gasteiger partial charge in [-0.05, 0) is 13.3 Å². The lowest BCUT2D eigenvalue weighted by Gasteiger charge is -2.33. The number of halogens is 1. The lowest BCUT2D eigenvalue weighted by molar-refractivity contribution is 0.164. The van der Waals surface area contributed by atoms with Crippen LogP contribution in [0.5, 0.6) is 0 Å². The molecule has 1 fully saturated rings. The van der Waals surface area contributed by atoms with Crippen LogP contribution in [0, 0.1) is 0 Å². The van der Waals surface area contributed by atoms with Crippen molar-refractivity contribution in [2.24, 2.45) is 0 Å². The molecule has 0 saturated carbocycles. The topological polar surface area (TPSA) is 28.2 Å². The van der Waals surface area contributed by atoms with Gasteiger partial charge in [-0.2, -0.15) is 0 Å². The molecule has 5 heteroatoms. The summed E-state index contributed by atoms with van der Waals surface area (Å²) in [5.74, 6) is 0. The largest absolute Gasteiger partial charge is 0.314 e. The fourth-order valence-corrected chi connectivity index (χ4v) is 2.65. The fourth-order valence-electron chi connectivity index (χ4n) is 1.91.